The zero-order valence-electron chi connectivity index (χ0n) is 14.4. The smallest absolute Gasteiger partial charge is 0.222 e. The van der Waals surface area contributed by atoms with Crippen LogP contribution in [0.3, 0.4) is 0 Å². The van der Waals surface area contributed by atoms with Crippen LogP contribution in [-0.4, -0.2) is 54.7 Å². The summed E-state index contributed by atoms with van der Waals surface area (Å²) in [7, 11) is 2.00. The number of aromatic nitrogens is 4. The third kappa shape index (κ3) is 2.84. The number of nitrogens with zero attached hydrogens (tertiary/aromatic N) is 6. The van der Waals surface area contributed by atoms with Crippen LogP contribution in [0.15, 0.2) is 18.6 Å². The minimum Gasteiger partial charge on any atom is -0.341 e. The topological polar surface area (TPSA) is 59.2 Å². The maximum atomic E-state index is 12.0. The van der Waals surface area contributed by atoms with E-state index in [1.165, 1.54) is 11.4 Å². The Labute approximate surface area is 141 Å². The molecule has 24 heavy (non-hydrogen) atoms. The molecule has 7 nitrogen and oxygen atoms in total. The van der Waals surface area contributed by atoms with Crippen molar-refractivity contribution < 1.29 is 4.79 Å². The highest BCUT2D eigenvalue weighted by atomic mass is 16.2. The fourth-order valence-electron chi connectivity index (χ4n) is 3.92. The van der Waals surface area contributed by atoms with Crippen LogP contribution in [0.25, 0.3) is 0 Å². The summed E-state index contributed by atoms with van der Waals surface area (Å²) in [5.41, 5.74) is 3.49. The van der Waals surface area contributed by atoms with Crippen LogP contribution in [-0.2, 0) is 24.9 Å². The van der Waals surface area contributed by atoms with Crippen LogP contribution in [0.2, 0.25) is 0 Å². The van der Waals surface area contributed by atoms with Gasteiger partial charge >= 0.3 is 0 Å². The maximum Gasteiger partial charge on any atom is 0.222 e. The molecule has 0 aromatic carbocycles. The summed E-state index contributed by atoms with van der Waals surface area (Å²) in [5, 5.41) is 4.44. The molecular weight excluding hydrogens is 304 g/mol. The second-order valence-corrected chi connectivity index (χ2v) is 6.96. The van der Waals surface area contributed by atoms with Gasteiger partial charge in [0.25, 0.3) is 0 Å². The molecule has 1 fully saturated rings. The van der Waals surface area contributed by atoms with Gasteiger partial charge in [0.05, 0.1) is 29.5 Å². The highest BCUT2D eigenvalue weighted by Gasteiger charge is 2.30. The van der Waals surface area contributed by atoms with E-state index in [1.54, 1.807) is 0 Å². The molecule has 1 atom stereocenters. The zero-order chi connectivity index (χ0) is 16.7. The number of hydrogen-bond acceptors (Lipinski definition) is 4. The summed E-state index contributed by atoms with van der Waals surface area (Å²) in [6.07, 6.45) is 5.54. The Balaban J connectivity index is 1.52. The van der Waals surface area contributed by atoms with E-state index in [2.05, 4.69) is 25.6 Å². The van der Waals surface area contributed by atoms with Crippen molar-refractivity contribution >= 4 is 5.91 Å². The molecule has 4 rings (SSSR count). The highest BCUT2D eigenvalue weighted by Crippen LogP contribution is 2.25. The van der Waals surface area contributed by atoms with Gasteiger partial charge in [0.15, 0.2) is 0 Å². The molecule has 0 N–H and O–H groups in total. The molecule has 0 spiro atoms. The number of aryl methyl sites for hydroxylation is 2. The number of likely N-dealkylation sites (tertiary alicyclic amines) is 1. The number of carbonyl (C=O) groups excluding carboxylic acids is 1. The molecule has 0 bridgehead atoms. The van der Waals surface area contributed by atoms with Crippen LogP contribution >= 0.6 is 0 Å². The predicted octanol–water partition coefficient (Wildman–Crippen LogP) is 1.10. The predicted molar refractivity (Wildman–Crippen MR) is 89.1 cm³/mol. The van der Waals surface area contributed by atoms with E-state index in [-0.39, 0.29) is 11.9 Å². The van der Waals surface area contributed by atoms with Gasteiger partial charge in [-0.2, -0.15) is 5.10 Å². The lowest BCUT2D eigenvalue weighted by Gasteiger charge is -2.36. The Morgan fingerprint density at radius 3 is 2.96 bits per heavy atom. The summed E-state index contributed by atoms with van der Waals surface area (Å²) in [4.78, 5) is 20.8. The molecule has 0 aliphatic carbocycles. The summed E-state index contributed by atoms with van der Waals surface area (Å²) >= 11 is 0. The maximum absolute atomic E-state index is 12.0. The number of hydrogen-bond donors (Lipinski definition) is 0. The molecule has 1 amide bonds. The summed E-state index contributed by atoms with van der Waals surface area (Å²) in [5.74, 6) is 0.288. The second kappa shape index (κ2) is 6.05. The number of rotatable bonds is 4. The fourth-order valence-corrected chi connectivity index (χ4v) is 3.92. The van der Waals surface area contributed by atoms with E-state index in [0.717, 1.165) is 44.8 Å². The van der Waals surface area contributed by atoms with Gasteiger partial charge in [-0.05, 0) is 19.4 Å². The van der Waals surface area contributed by atoms with Gasteiger partial charge in [0.1, 0.15) is 0 Å². The van der Waals surface area contributed by atoms with E-state index in [9.17, 15) is 4.79 Å². The van der Waals surface area contributed by atoms with E-state index in [1.807, 2.05) is 36.1 Å². The van der Waals surface area contributed by atoms with Gasteiger partial charge in [-0.1, -0.05) is 0 Å². The molecule has 0 unspecified atom stereocenters. The first kappa shape index (κ1) is 15.4. The Hall–Kier alpha value is -2.15. The van der Waals surface area contributed by atoms with Gasteiger partial charge < -0.3 is 9.47 Å². The van der Waals surface area contributed by atoms with Gasteiger partial charge in [-0.3, -0.25) is 14.4 Å². The average Bonchev–Trinajstić information content (AvgIpc) is 3.22. The van der Waals surface area contributed by atoms with Gasteiger partial charge in [-0.25, -0.2) is 4.98 Å². The molecular formula is C17H24N6O. The molecule has 2 aliphatic heterocycles. The van der Waals surface area contributed by atoms with Crippen LogP contribution in [0.4, 0.5) is 0 Å². The zero-order valence-corrected chi connectivity index (χ0v) is 14.4. The summed E-state index contributed by atoms with van der Waals surface area (Å²) in [6, 6.07) is 2.41. The van der Waals surface area contributed by atoms with Crippen molar-refractivity contribution in [3.8, 4) is 0 Å². The first-order chi connectivity index (χ1) is 11.6. The molecule has 4 heterocycles. The van der Waals surface area contributed by atoms with E-state index in [4.69, 9.17) is 0 Å². The van der Waals surface area contributed by atoms with Crippen molar-refractivity contribution in [3.05, 3.63) is 35.7 Å². The van der Waals surface area contributed by atoms with Crippen LogP contribution < -0.4 is 0 Å². The number of amides is 1. The molecule has 2 aromatic rings. The summed E-state index contributed by atoms with van der Waals surface area (Å²) < 4.78 is 4.21. The average molecular weight is 328 g/mol. The Kier molecular flexibility index (Phi) is 3.88. The van der Waals surface area contributed by atoms with Gasteiger partial charge in [0, 0.05) is 52.4 Å². The van der Waals surface area contributed by atoms with Crippen molar-refractivity contribution in [3.63, 3.8) is 0 Å². The normalized spacial score (nSPS) is 21.5. The second-order valence-electron chi connectivity index (χ2n) is 6.96. The van der Waals surface area contributed by atoms with Crippen molar-refractivity contribution in [1.82, 2.24) is 29.1 Å². The number of imidazole rings is 1. The molecule has 0 saturated carbocycles. The van der Waals surface area contributed by atoms with Crippen molar-refractivity contribution in [1.29, 1.82) is 0 Å². The minimum absolute atomic E-state index is 0.271. The van der Waals surface area contributed by atoms with Crippen LogP contribution in [0.1, 0.15) is 36.0 Å². The Bertz CT molecular complexity index is 748. The first-order valence-corrected chi connectivity index (χ1v) is 8.60. The number of fused-ring (bicyclic) bond motifs is 1. The Morgan fingerprint density at radius 1 is 1.38 bits per heavy atom. The first-order valence-electron chi connectivity index (χ1n) is 8.60. The van der Waals surface area contributed by atoms with Crippen LogP contribution in [0.5, 0.6) is 0 Å². The van der Waals surface area contributed by atoms with E-state index >= 15 is 0 Å². The lowest BCUT2D eigenvalue weighted by Crippen LogP contribution is -2.42. The third-order valence-corrected chi connectivity index (χ3v) is 5.08. The largest absolute Gasteiger partial charge is 0.341 e. The molecule has 1 saturated heterocycles. The monoisotopic (exact) mass is 328 g/mol. The van der Waals surface area contributed by atoms with Crippen molar-refractivity contribution in [2.24, 2.45) is 7.05 Å². The van der Waals surface area contributed by atoms with Gasteiger partial charge in [0.2, 0.25) is 5.91 Å². The molecule has 7 heteroatoms. The fraction of sp³-hybridized carbons (Fsp3) is 0.588. The molecule has 0 radical (unpaired) electrons. The molecule has 2 aliphatic rings. The lowest BCUT2D eigenvalue weighted by atomic mass is 10.1. The molecule has 128 valence electrons. The minimum atomic E-state index is 0.271. The summed E-state index contributed by atoms with van der Waals surface area (Å²) in [6.45, 7) is 6.37. The van der Waals surface area contributed by atoms with E-state index in [0.29, 0.717) is 6.42 Å². The molecule has 2 aromatic heterocycles. The third-order valence-electron chi connectivity index (χ3n) is 5.08. The SMILES string of the molecule is Cc1cc(CN2Cc3cncn3[C@H](CN3CCCC3=O)C2)n(C)n1. The number of carbonyl (C=O) groups is 1. The van der Waals surface area contributed by atoms with E-state index < -0.39 is 0 Å². The Morgan fingerprint density at radius 2 is 2.25 bits per heavy atom. The van der Waals surface area contributed by atoms with Gasteiger partial charge in [-0.15, -0.1) is 0 Å². The van der Waals surface area contributed by atoms with Crippen LogP contribution in [0, 0.1) is 6.92 Å². The van der Waals surface area contributed by atoms with Crippen molar-refractivity contribution in [2.75, 3.05) is 19.6 Å². The lowest BCUT2D eigenvalue weighted by molar-refractivity contribution is -0.128. The van der Waals surface area contributed by atoms with Crippen molar-refractivity contribution in [2.45, 2.75) is 38.9 Å². The highest BCUT2D eigenvalue weighted by molar-refractivity contribution is 5.78. The quantitative estimate of drug-likeness (QED) is 0.843. The standard InChI is InChI=1S/C17H24N6O/c1-13-6-14(20(2)19-13)8-21-9-15-7-18-12-23(15)16(10-21)11-22-5-3-4-17(22)24/h6-7,12,16H,3-5,8-11H2,1-2H3/t16-/m0/s1.